The highest BCUT2D eigenvalue weighted by Crippen LogP contribution is 2.43. The van der Waals surface area contributed by atoms with Crippen LogP contribution in [0.2, 0.25) is 0 Å². The predicted octanol–water partition coefficient (Wildman–Crippen LogP) is 5.89. The second-order valence-electron chi connectivity index (χ2n) is 12.7. The quantitative estimate of drug-likeness (QED) is 0.248. The molecule has 2 bridgehead atoms. The molecule has 3 aliphatic rings. The Balaban J connectivity index is 1.18. The van der Waals surface area contributed by atoms with Crippen molar-refractivity contribution in [2.24, 2.45) is 24.8 Å². The van der Waals surface area contributed by atoms with Crippen LogP contribution in [0, 0.1) is 17.8 Å². The van der Waals surface area contributed by atoms with E-state index in [0.717, 1.165) is 64.5 Å². The molecule has 9 nitrogen and oxygen atoms in total. The van der Waals surface area contributed by atoms with E-state index in [0.29, 0.717) is 41.7 Å². The first-order valence-corrected chi connectivity index (χ1v) is 15.5. The largest absolute Gasteiger partial charge is 0.494 e. The van der Waals surface area contributed by atoms with E-state index in [2.05, 4.69) is 43.4 Å². The van der Waals surface area contributed by atoms with Crippen LogP contribution in [0.1, 0.15) is 48.5 Å². The van der Waals surface area contributed by atoms with E-state index in [9.17, 15) is 4.79 Å². The van der Waals surface area contributed by atoms with Gasteiger partial charge in [-0.3, -0.25) is 9.78 Å². The molecule has 43 heavy (non-hydrogen) atoms. The molecule has 1 aromatic carbocycles. The number of pyridine rings is 2. The lowest BCUT2D eigenvalue weighted by atomic mass is 10.0. The highest BCUT2D eigenvalue weighted by molar-refractivity contribution is 6.00. The molecule has 2 unspecified atom stereocenters. The number of methoxy groups -OCH3 is 1. The molecule has 0 spiro atoms. The molecule has 8 rings (SSSR count). The third-order valence-electron chi connectivity index (χ3n) is 10.0. The van der Waals surface area contributed by atoms with E-state index < -0.39 is 0 Å². The molecule has 4 aromatic heterocycles. The lowest BCUT2D eigenvalue weighted by Crippen LogP contribution is -2.38. The number of anilines is 1. The maximum absolute atomic E-state index is 13.7. The van der Waals surface area contributed by atoms with Crippen molar-refractivity contribution in [3.05, 3.63) is 66.0 Å². The summed E-state index contributed by atoms with van der Waals surface area (Å²) < 4.78 is 10.3. The Morgan fingerprint density at radius 3 is 2.60 bits per heavy atom. The number of aromatic nitrogens is 5. The van der Waals surface area contributed by atoms with Gasteiger partial charge in [0.05, 0.1) is 18.3 Å². The zero-order valence-corrected chi connectivity index (χ0v) is 25.0. The number of ether oxygens (including phenoxy) is 1. The Labute approximate surface area is 250 Å². The van der Waals surface area contributed by atoms with Crippen molar-refractivity contribution in [2.45, 2.75) is 51.7 Å². The van der Waals surface area contributed by atoms with Crippen molar-refractivity contribution in [3.63, 3.8) is 0 Å². The number of nitrogens with zero attached hydrogens (tertiary/aromatic N) is 6. The Hall–Kier alpha value is -4.40. The molecule has 1 aliphatic heterocycles. The molecule has 3 fully saturated rings. The van der Waals surface area contributed by atoms with Crippen LogP contribution >= 0.6 is 0 Å². The fourth-order valence-electron chi connectivity index (χ4n) is 7.38. The summed E-state index contributed by atoms with van der Waals surface area (Å²) in [6.07, 6.45) is 8.42. The van der Waals surface area contributed by atoms with Crippen LogP contribution in [0.15, 0.2) is 54.9 Å². The predicted molar refractivity (Wildman–Crippen MR) is 167 cm³/mol. The molecule has 220 valence electrons. The minimum atomic E-state index is 0.0882. The fraction of sp³-hybridized carbons (Fsp3) is 0.412. The summed E-state index contributed by atoms with van der Waals surface area (Å²) in [4.78, 5) is 30.2. The number of likely N-dealkylation sites (tertiary alicyclic amines) is 1. The van der Waals surface area contributed by atoms with Crippen LogP contribution in [0.4, 0.5) is 5.82 Å². The van der Waals surface area contributed by atoms with Crippen LogP contribution < -0.4 is 10.1 Å². The van der Waals surface area contributed by atoms with Crippen molar-refractivity contribution >= 4 is 33.8 Å². The summed E-state index contributed by atoms with van der Waals surface area (Å²) in [5, 5.41) is 4.55. The molecule has 2 saturated carbocycles. The second-order valence-corrected chi connectivity index (χ2v) is 12.7. The van der Waals surface area contributed by atoms with Crippen LogP contribution in [0.25, 0.3) is 33.6 Å². The zero-order chi connectivity index (χ0) is 29.2. The zero-order valence-electron chi connectivity index (χ0n) is 25.0. The monoisotopic (exact) mass is 575 g/mol. The van der Waals surface area contributed by atoms with Gasteiger partial charge in [0.15, 0.2) is 5.82 Å². The number of hydrogen-bond acceptors (Lipinski definition) is 6. The van der Waals surface area contributed by atoms with Gasteiger partial charge in [-0.2, -0.15) is 0 Å². The van der Waals surface area contributed by atoms with Gasteiger partial charge in [0, 0.05) is 56.1 Å². The number of carbonyl (C=O) groups excluding carboxylic acids is 1. The summed E-state index contributed by atoms with van der Waals surface area (Å²) in [6, 6.07) is 14.6. The number of fused-ring (bicyclic) bond motifs is 4. The number of nitrogens with one attached hydrogen (secondary N) is 1. The van der Waals surface area contributed by atoms with Crippen molar-refractivity contribution in [1.82, 2.24) is 29.0 Å². The third-order valence-corrected chi connectivity index (χ3v) is 10.0. The van der Waals surface area contributed by atoms with E-state index in [1.165, 1.54) is 19.3 Å². The number of imidazole rings is 1. The van der Waals surface area contributed by atoms with Crippen LogP contribution in [-0.4, -0.2) is 54.6 Å². The maximum Gasteiger partial charge on any atom is 0.254 e. The molecule has 1 saturated heterocycles. The molecule has 9 heteroatoms. The molecular formula is C34H37N7O2. The first-order valence-electron chi connectivity index (χ1n) is 15.5. The van der Waals surface area contributed by atoms with E-state index in [4.69, 9.17) is 14.7 Å². The Morgan fingerprint density at radius 2 is 1.88 bits per heavy atom. The van der Waals surface area contributed by atoms with Gasteiger partial charge in [0.2, 0.25) is 0 Å². The summed E-state index contributed by atoms with van der Waals surface area (Å²) in [5.41, 5.74) is 5.45. The van der Waals surface area contributed by atoms with Gasteiger partial charge in [-0.25, -0.2) is 9.97 Å². The molecule has 1 N–H and O–H groups in total. The van der Waals surface area contributed by atoms with E-state index >= 15 is 0 Å². The first-order chi connectivity index (χ1) is 21.0. The molecule has 1 amide bonds. The number of rotatable bonds is 8. The minimum absolute atomic E-state index is 0.0882. The number of piperidine rings is 1. The average Bonchev–Trinajstić information content (AvgIpc) is 3.44. The lowest BCUT2D eigenvalue weighted by Gasteiger charge is -2.27. The summed E-state index contributed by atoms with van der Waals surface area (Å²) in [7, 11) is 3.70. The standard InChI is InChI=1S/C34H37N7O2/c1-20-24-6-8-27(20)41(19-24)34(42)25-14-26-31(29(16-25)43-3)39(2)33(37-26)28-15-23-7-9-30(36-17-21-10-12-35-13-11-21)38-32(23)40(28)18-22-4-5-22/h7,9-16,20,22,24,27H,4-6,8,17-19H2,1-3H3,(H,36,38)/t20-,24?,27?/m1/s1. The first kappa shape index (κ1) is 26.2. The third kappa shape index (κ3) is 4.44. The Kier molecular flexibility index (Phi) is 6.17. The molecule has 5 heterocycles. The van der Waals surface area contributed by atoms with Gasteiger partial charge in [-0.15, -0.1) is 0 Å². The van der Waals surface area contributed by atoms with Crippen LogP contribution in [0.5, 0.6) is 5.75 Å². The molecular weight excluding hydrogens is 538 g/mol. The van der Waals surface area contributed by atoms with Crippen molar-refractivity contribution in [2.75, 3.05) is 19.0 Å². The van der Waals surface area contributed by atoms with Crippen LogP contribution in [0.3, 0.4) is 0 Å². The summed E-state index contributed by atoms with van der Waals surface area (Å²) >= 11 is 0. The number of hydrogen-bond donors (Lipinski definition) is 1. The molecule has 5 aromatic rings. The smallest absolute Gasteiger partial charge is 0.254 e. The van der Waals surface area contributed by atoms with Crippen LogP contribution in [-0.2, 0) is 20.1 Å². The second kappa shape index (κ2) is 10.1. The Morgan fingerprint density at radius 1 is 1.05 bits per heavy atom. The topological polar surface area (TPSA) is 90.1 Å². The molecule has 3 atom stereocenters. The van der Waals surface area contributed by atoms with Crippen molar-refractivity contribution < 1.29 is 9.53 Å². The van der Waals surface area contributed by atoms with E-state index in [-0.39, 0.29) is 5.91 Å². The lowest BCUT2D eigenvalue weighted by molar-refractivity contribution is 0.0696. The van der Waals surface area contributed by atoms with Gasteiger partial charge in [-0.05, 0) is 91.5 Å². The van der Waals surface area contributed by atoms with E-state index in [1.807, 2.05) is 49.8 Å². The van der Waals surface area contributed by atoms with Crippen molar-refractivity contribution in [1.29, 1.82) is 0 Å². The highest BCUT2D eigenvalue weighted by atomic mass is 16.5. The summed E-state index contributed by atoms with van der Waals surface area (Å²) in [6.45, 7) is 4.73. The number of aryl methyl sites for hydroxylation is 1. The SMILES string of the molecule is COc1cc(C(=O)N2CC3CCC2[C@@H]3C)cc2nc(-c3cc4ccc(NCc5ccncc5)nc4n3CC3CC3)n(C)c12. The molecule has 2 aliphatic carbocycles. The van der Waals surface area contributed by atoms with Gasteiger partial charge in [0.25, 0.3) is 5.91 Å². The average molecular weight is 576 g/mol. The number of benzene rings is 1. The Bertz CT molecular complexity index is 1860. The van der Waals surface area contributed by atoms with Gasteiger partial charge in [-0.1, -0.05) is 6.92 Å². The van der Waals surface area contributed by atoms with Gasteiger partial charge < -0.3 is 24.1 Å². The van der Waals surface area contributed by atoms with Crippen molar-refractivity contribution in [3.8, 4) is 17.3 Å². The summed E-state index contributed by atoms with van der Waals surface area (Å²) in [5.74, 6) is 4.29. The van der Waals surface area contributed by atoms with Gasteiger partial charge in [0.1, 0.15) is 22.7 Å². The molecule has 0 radical (unpaired) electrons. The number of carbonyl (C=O) groups is 1. The maximum atomic E-state index is 13.7. The fourth-order valence-corrected chi connectivity index (χ4v) is 7.38. The minimum Gasteiger partial charge on any atom is -0.494 e. The van der Waals surface area contributed by atoms with Gasteiger partial charge >= 0.3 is 0 Å². The normalized spacial score (nSPS) is 21.3. The number of amides is 1. The van der Waals surface area contributed by atoms with E-state index in [1.54, 1.807) is 7.11 Å². The highest BCUT2D eigenvalue weighted by Gasteiger charge is 2.46.